The monoisotopic (exact) mass is 286 g/mol. The summed E-state index contributed by atoms with van der Waals surface area (Å²) in [5, 5.41) is 47.4. The van der Waals surface area contributed by atoms with Crippen molar-refractivity contribution in [2.75, 3.05) is 6.61 Å². The molecule has 7 heteroatoms. The van der Waals surface area contributed by atoms with E-state index in [1.54, 1.807) is 24.3 Å². The molecular weight excluding hydrogens is 268 g/mol. The predicted molar refractivity (Wildman–Crippen MR) is 66.8 cm³/mol. The van der Waals surface area contributed by atoms with Gasteiger partial charge in [-0.25, -0.2) is 0 Å². The van der Waals surface area contributed by atoms with Crippen molar-refractivity contribution in [1.29, 1.82) is 0 Å². The molecule has 2 rings (SSSR count). The summed E-state index contributed by atoms with van der Waals surface area (Å²) in [6, 6.07) is 6.61. The smallest absolute Gasteiger partial charge is 0.229 e. The molecule has 0 radical (unpaired) electrons. The Morgan fingerprint density at radius 1 is 1.00 bits per heavy atom. The van der Waals surface area contributed by atoms with Gasteiger partial charge in [0.15, 0.2) is 0 Å². The van der Waals surface area contributed by atoms with E-state index in [0.717, 1.165) is 0 Å². The summed E-state index contributed by atoms with van der Waals surface area (Å²) < 4.78 is 10.6. The second-order valence-corrected chi connectivity index (χ2v) is 4.58. The minimum atomic E-state index is -1.49. The van der Waals surface area contributed by atoms with Crippen LogP contribution in [0.25, 0.3) is 0 Å². The van der Waals surface area contributed by atoms with E-state index >= 15 is 0 Å². The SMILES string of the molecule is OCc1ccccc1OC1OC(CO)C(O)[C@H](O)C1O. The molecule has 0 amide bonds. The third-order valence-electron chi connectivity index (χ3n) is 3.23. The lowest BCUT2D eigenvalue weighted by atomic mass is 9.99. The lowest BCUT2D eigenvalue weighted by molar-refractivity contribution is -0.277. The first-order valence-corrected chi connectivity index (χ1v) is 6.24. The van der Waals surface area contributed by atoms with Crippen molar-refractivity contribution in [2.45, 2.75) is 37.3 Å². The van der Waals surface area contributed by atoms with Crippen LogP contribution in [0.1, 0.15) is 5.56 Å². The van der Waals surface area contributed by atoms with E-state index in [9.17, 15) is 20.4 Å². The van der Waals surface area contributed by atoms with Gasteiger partial charge in [-0.05, 0) is 6.07 Å². The van der Waals surface area contributed by atoms with Gasteiger partial charge >= 0.3 is 0 Å². The third-order valence-corrected chi connectivity index (χ3v) is 3.23. The molecule has 0 saturated carbocycles. The second-order valence-electron chi connectivity index (χ2n) is 4.58. The van der Waals surface area contributed by atoms with Gasteiger partial charge < -0.3 is 35.0 Å². The van der Waals surface area contributed by atoms with Crippen molar-refractivity contribution in [3.8, 4) is 5.75 Å². The fraction of sp³-hybridized carbons (Fsp3) is 0.538. The van der Waals surface area contributed by atoms with Crippen LogP contribution in [-0.2, 0) is 11.3 Å². The minimum absolute atomic E-state index is 0.256. The molecule has 1 aliphatic rings. The van der Waals surface area contributed by atoms with Gasteiger partial charge in [0.2, 0.25) is 6.29 Å². The highest BCUT2D eigenvalue weighted by atomic mass is 16.7. The number of aliphatic hydroxyl groups excluding tert-OH is 5. The molecule has 20 heavy (non-hydrogen) atoms. The predicted octanol–water partition coefficient (Wildman–Crippen LogP) is -1.64. The molecule has 0 aromatic heterocycles. The van der Waals surface area contributed by atoms with Gasteiger partial charge in [-0.15, -0.1) is 0 Å². The highest BCUT2D eigenvalue weighted by Gasteiger charge is 2.44. The van der Waals surface area contributed by atoms with Crippen LogP contribution in [0.2, 0.25) is 0 Å². The molecule has 1 aromatic carbocycles. The standard InChI is InChI=1S/C13H18O7/c14-5-7-3-1-2-4-8(7)19-13-12(18)11(17)10(16)9(6-15)20-13/h1-4,9-18H,5-6H2/t9?,10?,11-,12?,13?/m0/s1. The number of benzene rings is 1. The van der Waals surface area contributed by atoms with Gasteiger partial charge in [0.1, 0.15) is 30.2 Å². The Balaban J connectivity index is 2.15. The van der Waals surface area contributed by atoms with Crippen LogP contribution in [0.4, 0.5) is 0 Å². The average Bonchev–Trinajstić information content (AvgIpc) is 2.48. The van der Waals surface area contributed by atoms with Gasteiger partial charge in [-0.2, -0.15) is 0 Å². The normalized spacial score (nSPS) is 34.0. The zero-order valence-electron chi connectivity index (χ0n) is 10.7. The number of hydrogen-bond acceptors (Lipinski definition) is 7. The fourth-order valence-electron chi connectivity index (χ4n) is 2.04. The molecule has 1 saturated heterocycles. The van der Waals surface area contributed by atoms with Gasteiger partial charge in [0.25, 0.3) is 0 Å². The van der Waals surface area contributed by atoms with E-state index < -0.39 is 37.3 Å². The van der Waals surface area contributed by atoms with E-state index in [4.69, 9.17) is 14.6 Å². The molecule has 4 unspecified atom stereocenters. The lowest BCUT2D eigenvalue weighted by Crippen LogP contribution is -2.60. The van der Waals surface area contributed by atoms with Crippen molar-refractivity contribution in [3.05, 3.63) is 29.8 Å². The van der Waals surface area contributed by atoms with E-state index in [-0.39, 0.29) is 6.61 Å². The molecule has 1 aliphatic heterocycles. The molecule has 1 aromatic rings. The van der Waals surface area contributed by atoms with Crippen LogP contribution in [0.5, 0.6) is 5.75 Å². The van der Waals surface area contributed by atoms with Crippen LogP contribution in [0.15, 0.2) is 24.3 Å². The Hall–Kier alpha value is -1.22. The topological polar surface area (TPSA) is 120 Å². The van der Waals surface area contributed by atoms with Crippen molar-refractivity contribution >= 4 is 0 Å². The van der Waals surface area contributed by atoms with Crippen molar-refractivity contribution in [2.24, 2.45) is 0 Å². The first kappa shape index (κ1) is 15.2. The van der Waals surface area contributed by atoms with Gasteiger partial charge in [0, 0.05) is 5.56 Å². The van der Waals surface area contributed by atoms with Crippen LogP contribution in [0, 0.1) is 0 Å². The lowest BCUT2D eigenvalue weighted by Gasteiger charge is -2.39. The van der Waals surface area contributed by atoms with E-state index in [2.05, 4.69) is 0 Å². The molecule has 1 heterocycles. The van der Waals surface area contributed by atoms with Gasteiger partial charge in [-0.1, -0.05) is 18.2 Å². The van der Waals surface area contributed by atoms with E-state index in [1.807, 2.05) is 0 Å². The zero-order chi connectivity index (χ0) is 14.7. The maximum atomic E-state index is 9.84. The Labute approximate surface area is 115 Å². The number of para-hydroxylation sites is 1. The van der Waals surface area contributed by atoms with E-state index in [0.29, 0.717) is 11.3 Å². The fourth-order valence-corrected chi connectivity index (χ4v) is 2.04. The maximum absolute atomic E-state index is 9.84. The molecule has 5 N–H and O–H groups in total. The minimum Gasteiger partial charge on any atom is -0.462 e. The Bertz CT molecular complexity index is 436. The third kappa shape index (κ3) is 2.93. The van der Waals surface area contributed by atoms with Crippen LogP contribution < -0.4 is 4.74 Å². The van der Waals surface area contributed by atoms with Crippen LogP contribution in [-0.4, -0.2) is 62.8 Å². The quantitative estimate of drug-likeness (QED) is 0.450. The Morgan fingerprint density at radius 3 is 2.35 bits per heavy atom. The number of ether oxygens (including phenoxy) is 2. The van der Waals surface area contributed by atoms with E-state index in [1.165, 1.54) is 0 Å². The highest BCUT2D eigenvalue weighted by molar-refractivity contribution is 5.32. The molecule has 112 valence electrons. The molecule has 5 atom stereocenters. The van der Waals surface area contributed by atoms with Gasteiger partial charge in [-0.3, -0.25) is 0 Å². The molecular formula is C13H18O7. The summed E-state index contributed by atoms with van der Waals surface area (Å²) in [6.07, 6.45) is -6.67. The number of rotatable bonds is 4. The first-order valence-electron chi connectivity index (χ1n) is 6.24. The molecule has 0 aliphatic carbocycles. The van der Waals surface area contributed by atoms with Crippen molar-refractivity contribution < 1.29 is 35.0 Å². The molecule has 7 nitrogen and oxygen atoms in total. The largest absolute Gasteiger partial charge is 0.462 e. The number of hydrogen-bond donors (Lipinski definition) is 5. The first-order chi connectivity index (χ1) is 9.58. The second kappa shape index (κ2) is 6.49. The van der Waals surface area contributed by atoms with Crippen molar-refractivity contribution in [3.63, 3.8) is 0 Å². The number of aliphatic hydroxyl groups is 5. The van der Waals surface area contributed by atoms with Crippen LogP contribution >= 0.6 is 0 Å². The maximum Gasteiger partial charge on any atom is 0.229 e. The zero-order valence-corrected chi connectivity index (χ0v) is 10.7. The summed E-state index contributed by atoms with van der Waals surface area (Å²) in [7, 11) is 0. The summed E-state index contributed by atoms with van der Waals surface area (Å²) in [5.74, 6) is 0.291. The summed E-state index contributed by atoms with van der Waals surface area (Å²) in [4.78, 5) is 0. The highest BCUT2D eigenvalue weighted by Crippen LogP contribution is 2.26. The average molecular weight is 286 g/mol. The summed E-state index contributed by atoms with van der Waals surface area (Å²) in [5.41, 5.74) is 0.490. The molecule has 0 bridgehead atoms. The summed E-state index contributed by atoms with van der Waals surface area (Å²) in [6.45, 7) is -0.778. The Morgan fingerprint density at radius 2 is 1.70 bits per heavy atom. The summed E-state index contributed by atoms with van der Waals surface area (Å²) >= 11 is 0. The van der Waals surface area contributed by atoms with Crippen molar-refractivity contribution in [1.82, 2.24) is 0 Å². The van der Waals surface area contributed by atoms with Gasteiger partial charge in [0.05, 0.1) is 13.2 Å². The molecule has 0 spiro atoms. The van der Waals surface area contributed by atoms with Crippen LogP contribution in [0.3, 0.4) is 0 Å². The molecule has 1 fully saturated rings. The Kier molecular flexibility index (Phi) is 4.92.